The number of anilines is 1. The van der Waals surface area contributed by atoms with Crippen LogP contribution in [0.1, 0.15) is 11.4 Å². The van der Waals surface area contributed by atoms with Crippen LogP contribution < -0.4 is 10.1 Å². The lowest BCUT2D eigenvalue weighted by atomic mass is 10.1. The molecular weight excluding hydrogens is 384 g/mol. The molecule has 1 amide bonds. The van der Waals surface area contributed by atoms with E-state index >= 15 is 0 Å². The molecule has 3 aromatic rings. The van der Waals surface area contributed by atoms with E-state index in [2.05, 4.69) is 15.5 Å². The number of hydrogen-bond donors (Lipinski definition) is 1. The minimum Gasteiger partial charge on any atom is -0.495 e. The van der Waals surface area contributed by atoms with E-state index < -0.39 is 0 Å². The highest BCUT2D eigenvalue weighted by atomic mass is 35.5. The van der Waals surface area contributed by atoms with Crippen LogP contribution in [0.4, 0.5) is 5.69 Å². The van der Waals surface area contributed by atoms with Gasteiger partial charge in [0.05, 0.1) is 18.6 Å². The number of nitrogens with one attached hydrogen (secondary N) is 1. The maximum Gasteiger partial charge on any atom is 0.234 e. The van der Waals surface area contributed by atoms with Crippen molar-refractivity contribution in [1.29, 1.82) is 0 Å². The first-order chi connectivity index (χ1) is 13.1. The summed E-state index contributed by atoms with van der Waals surface area (Å²) >= 11 is 7.31. The number of amides is 1. The van der Waals surface area contributed by atoms with E-state index in [0.717, 1.165) is 11.4 Å². The molecule has 1 heterocycles. The van der Waals surface area contributed by atoms with Crippen molar-refractivity contribution >= 4 is 35.0 Å². The largest absolute Gasteiger partial charge is 0.495 e. The number of ether oxygens (including phenoxy) is 1. The Labute approximate surface area is 166 Å². The second-order valence-corrected chi connectivity index (χ2v) is 7.18. The van der Waals surface area contributed by atoms with E-state index in [0.29, 0.717) is 28.0 Å². The number of hydrogen-bond acceptors (Lipinski definition) is 5. The molecule has 2 aromatic carbocycles. The minimum absolute atomic E-state index is 0.173. The molecule has 3 rings (SSSR count). The van der Waals surface area contributed by atoms with Crippen LogP contribution in [-0.4, -0.2) is 33.5 Å². The molecule has 140 valence electrons. The smallest absolute Gasteiger partial charge is 0.234 e. The molecule has 1 aromatic heterocycles. The third-order valence-corrected chi connectivity index (χ3v) is 5.15. The zero-order chi connectivity index (χ0) is 19.2. The number of methoxy groups -OCH3 is 1. The monoisotopic (exact) mass is 402 g/mol. The lowest BCUT2D eigenvalue weighted by Crippen LogP contribution is -2.15. The van der Waals surface area contributed by atoms with Crippen LogP contribution in [0.3, 0.4) is 0 Å². The average molecular weight is 403 g/mol. The van der Waals surface area contributed by atoms with Gasteiger partial charge in [-0.1, -0.05) is 53.7 Å². The molecule has 0 atom stereocenters. The van der Waals surface area contributed by atoms with E-state index in [1.54, 1.807) is 25.3 Å². The van der Waals surface area contributed by atoms with Crippen LogP contribution in [0.25, 0.3) is 0 Å². The molecule has 0 spiro atoms. The summed E-state index contributed by atoms with van der Waals surface area (Å²) in [5.74, 6) is 1.43. The molecular formula is C19H19ClN4O2S. The summed E-state index contributed by atoms with van der Waals surface area (Å²) in [5.41, 5.74) is 1.70. The Kier molecular flexibility index (Phi) is 6.36. The van der Waals surface area contributed by atoms with Crippen LogP contribution in [-0.2, 0) is 18.3 Å². The third kappa shape index (κ3) is 5.02. The number of rotatable bonds is 7. The van der Waals surface area contributed by atoms with Gasteiger partial charge in [0.2, 0.25) is 5.91 Å². The SMILES string of the molecule is COc1ccc(Cl)cc1NC(=O)CSc1nnc(Cc2ccccc2)n1C. The van der Waals surface area contributed by atoms with Gasteiger partial charge in [0.1, 0.15) is 11.6 Å². The molecule has 6 nitrogen and oxygen atoms in total. The molecule has 8 heteroatoms. The first-order valence-electron chi connectivity index (χ1n) is 8.25. The van der Waals surface area contributed by atoms with Crippen LogP contribution in [0.15, 0.2) is 53.7 Å². The summed E-state index contributed by atoms with van der Waals surface area (Å²) in [7, 11) is 3.44. The van der Waals surface area contributed by atoms with Gasteiger partial charge in [-0.15, -0.1) is 10.2 Å². The van der Waals surface area contributed by atoms with Gasteiger partial charge in [-0.2, -0.15) is 0 Å². The fraction of sp³-hybridized carbons (Fsp3) is 0.211. The van der Waals surface area contributed by atoms with Gasteiger partial charge >= 0.3 is 0 Å². The van der Waals surface area contributed by atoms with Crippen LogP contribution in [0.5, 0.6) is 5.75 Å². The van der Waals surface area contributed by atoms with Crippen LogP contribution in [0, 0.1) is 0 Å². The van der Waals surface area contributed by atoms with Gasteiger partial charge in [-0.25, -0.2) is 0 Å². The molecule has 0 unspecified atom stereocenters. The predicted octanol–water partition coefficient (Wildman–Crippen LogP) is 3.80. The zero-order valence-corrected chi connectivity index (χ0v) is 16.5. The second-order valence-electron chi connectivity index (χ2n) is 5.80. The van der Waals surface area contributed by atoms with E-state index in [9.17, 15) is 4.79 Å². The van der Waals surface area contributed by atoms with Gasteiger partial charge in [-0.05, 0) is 23.8 Å². The number of carbonyl (C=O) groups is 1. The van der Waals surface area contributed by atoms with Gasteiger partial charge in [0.25, 0.3) is 0 Å². The summed E-state index contributed by atoms with van der Waals surface area (Å²) in [4.78, 5) is 12.3. The first kappa shape index (κ1) is 19.3. The van der Waals surface area contributed by atoms with E-state index in [-0.39, 0.29) is 11.7 Å². The Morgan fingerprint density at radius 2 is 2.00 bits per heavy atom. The lowest BCUT2D eigenvalue weighted by molar-refractivity contribution is -0.113. The number of thioether (sulfide) groups is 1. The van der Waals surface area contributed by atoms with Crippen LogP contribution >= 0.6 is 23.4 Å². The average Bonchev–Trinajstić information content (AvgIpc) is 3.01. The number of nitrogens with zero attached hydrogens (tertiary/aromatic N) is 3. The molecule has 0 bridgehead atoms. The Hall–Kier alpha value is -2.51. The fourth-order valence-corrected chi connectivity index (χ4v) is 3.40. The molecule has 0 fully saturated rings. The molecule has 0 saturated carbocycles. The summed E-state index contributed by atoms with van der Waals surface area (Å²) in [6, 6.07) is 15.1. The third-order valence-electron chi connectivity index (χ3n) is 3.90. The number of halogens is 1. The summed E-state index contributed by atoms with van der Waals surface area (Å²) < 4.78 is 7.14. The zero-order valence-electron chi connectivity index (χ0n) is 15.0. The highest BCUT2D eigenvalue weighted by Crippen LogP contribution is 2.28. The van der Waals surface area contributed by atoms with E-state index in [1.165, 1.54) is 11.8 Å². The minimum atomic E-state index is -0.173. The van der Waals surface area contributed by atoms with Crippen molar-refractivity contribution < 1.29 is 9.53 Å². The van der Waals surface area contributed by atoms with Gasteiger partial charge in [0.15, 0.2) is 5.16 Å². The van der Waals surface area contributed by atoms with Gasteiger partial charge < -0.3 is 14.6 Å². The molecule has 27 heavy (non-hydrogen) atoms. The van der Waals surface area contributed by atoms with E-state index in [4.69, 9.17) is 16.3 Å². The molecule has 0 saturated heterocycles. The molecule has 1 N–H and O–H groups in total. The quantitative estimate of drug-likeness (QED) is 0.609. The summed E-state index contributed by atoms with van der Waals surface area (Å²) in [5, 5.41) is 12.5. The Balaban J connectivity index is 1.60. The maximum absolute atomic E-state index is 12.3. The van der Waals surface area contributed by atoms with Crippen molar-refractivity contribution in [1.82, 2.24) is 14.8 Å². The van der Waals surface area contributed by atoms with Crippen LogP contribution in [0.2, 0.25) is 5.02 Å². The van der Waals surface area contributed by atoms with Gasteiger partial charge in [-0.3, -0.25) is 4.79 Å². The lowest BCUT2D eigenvalue weighted by Gasteiger charge is -2.10. The molecule has 0 aliphatic heterocycles. The highest BCUT2D eigenvalue weighted by molar-refractivity contribution is 7.99. The van der Waals surface area contributed by atoms with Crippen molar-refractivity contribution in [2.75, 3.05) is 18.2 Å². The van der Waals surface area contributed by atoms with E-state index in [1.807, 2.05) is 41.9 Å². The Morgan fingerprint density at radius 1 is 1.22 bits per heavy atom. The van der Waals surface area contributed by atoms with Gasteiger partial charge in [0, 0.05) is 18.5 Å². The number of aromatic nitrogens is 3. The Morgan fingerprint density at radius 3 is 2.74 bits per heavy atom. The Bertz CT molecular complexity index is 931. The maximum atomic E-state index is 12.3. The molecule has 0 radical (unpaired) electrons. The summed E-state index contributed by atoms with van der Waals surface area (Å²) in [6.07, 6.45) is 0.691. The fourth-order valence-electron chi connectivity index (χ4n) is 2.50. The topological polar surface area (TPSA) is 69.0 Å². The number of carbonyl (C=O) groups excluding carboxylic acids is 1. The van der Waals surface area contributed by atoms with Crippen molar-refractivity contribution in [2.24, 2.45) is 7.05 Å². The molecule has 0 aliphatic rings. The van der Waals surface area contributed by atoms with Crippen molar-refractivity contribution in [3.8, 4) is 5.75 Å². The second kappa shape index (κ2) is 8.92. The standard InChI is InChI=1S/C19H19ClN4O2S/c1-24-17(10-13-6-4-3-5-7-13)22-23-19(24)27-12-18(25)21-15-11-14(20)8-9-16(15)26-2/h3-9,11H,10,12H2,1-2H3,(H,21,25). The predicted molar refractivity (Wildman–Crippen MR) is 108 cm³/mol. The van der Waals surface area contributed by atoms with Crippen molar-refractivity contribution in [3.05, 3.63) is 64.9 Å². The summed E-state index contributed by atoms with van der Waals surface area (Å²) in [6.45, 7) is 0. The number of benzene rings is 2. The normalized spacial score (nSPS) is 10.6. The van der Waals surface area contributed by atoms with Crippen molar-refractivity contribution in [3.63, 3.8) is 0 Å². The highest BCUT2D eigenvalue weighted by Gasteiger charge is 2.13. The first-order valence-corrected chi connectivity index (χ1v) is 9.61. The molecule has 0 aliphatic carbocycles. The van der Waals surface area contributed by atoms with Crippen molar-refractivity contribution in [2.45, 2.75) is 11.6 Å².